The van der Waals surface area contributed by atoms with Crippen molar-refractivity contribution >= 4 is 22.6 Å². The monoisotopic (exact) mass is 407 g/mol. The van der Waals surface area contributed by atoms with E-state index in [0.29, 0.717) is 4.68 Å². The van der Waals surface area contributed by atoms with Gasteiger partial charge in [0, 0.05) is 0 Å². The van der Waals surface area contributed by atoms with Crippen molar-refractivity contribution in [3.8, 4) is 0 Å². The fourth-order valence-corrected chi connectivity index (χ4v) is 3.03. The van der Waals surface area contributed by atoms with Crippen LogP contribution in [0.5, 0.6) is 0 Å². The maximum Gasteiger partial charge on any atom is 0.282 e. The van der Waals surface area contributed by atoms with Crippen LogP contribution in [-0.4, -0.2) is 25.7 Å². The Labute approximate surface area is 160 Å². The van der Waals surface area contributed by atoms with Crippen molar-refractivity contribution in [2.45, 2.75) is 31.7 Å². The molecule has 3 aromatic rings. The van der Waals surface area contributed by atoms with Gasteiger partial charge in [-0.3, -0.25) is 14.9 Å². The number of alkyl halides is 2. The molecular formula is C18H13F4N5O2. The quantitative estimate of drug-likeness (QED) is 0.657. The standard InChI is InChI=1S/C18H13F4N5O2/c19-9-5-23-18(24-6-9)25-12(28)7-27-17(29)11-4-3-10(8-1-2-8)14(20)13(11)15(26-27)16(21)22/h3-6,8,16H,1-2,7H2,(H,23,24,25,28). The zero-order chi connectivity index (χ0) is 20.7. The highest BCUT2D eigenvalue weighted by atomic mass is 19.3. The molecule has 2 heterocycles. The fourth-order valence-electron chi connectivity index (χ4n) is 3.03. The molecule has 0 bridgehead atoms. The van der Waals surface area contributed by atoms with E-state index < -0.39 is 47.2 Å². The lowest BCUT2D eigenvalue weighted by Gasteiger charge is -2.13. The Morgan fingerprint density at radius 1 is 1.21 bits per heavy atom. The number of anilines is 1. The number of halogens is 4. The van der Waals surface area contributed by atoms with E-state index in [1.807, 2.05) is 0 Å². The Morgan fingerprint density at radius 2 is 1.90 bits per heavy atom. The SMILES string of the molecule is O=C(Cn1nc(C(F)F)c2c(F)c(C3CC3)ccc2c1=O)Nc1ncc(F)cn1. The molecule has 7 nitrogen and oxygen atoms in total. The zero-order valence-corrected chi connectivity index (χ0v) is 14.7. The van der Waals surface area contributed by atoms with Crippen LogP contribution in [0.4, 0.5) is 23.5 Å². The lowest BCUT2D eigenvalue weighted by Crippen LogP contribution is -2.31. The number of hydrogen-bond acceptors (Lipinski definition) is 5. The topological polar surface area (TPSA) is 89.8 Å². The molecule has 29 heavy (non-hydrogen) atoms. The van der Waals surface area contributed by atoms with E-state index in [9.17, 15) is 27.2 Å². The molecule has 2 aromatic heterocycles. The molecule has 1 amide bonds. The Morgan fingerprint density at radius 3 is 2.52 bits per heavy atom. The van der Waals surface area contributed by atoms with Crippen LogP contribution in [0.15, 0.2) is 29.3 Å². The molecule has 0 aliphatic heterocycles. The van der Waals surface area contributed by atoms with Crippen LogP contribution in [-0.2, 0) is 11.3 Å². The minimum Gasteiger partial charge on any atom is -0.293 e. The van der Waals surface area contributed by atoms with Crippen molar-refractivity contribution in [1.29, 1.82) is 0 Å². The van der Waals surface area contributed by atoms with Crippen molar-refractivity contribution in [2.24, 2.45) is 0 Å². The molecule has 0 unspecified atom stereocenters. The summed E-state index contributed by atoms with van der Waals surface area (Å²) in [7, 11) is 0. The Hall–Kier alpha value is -3.37. The lowest BCUT2D eigenvalue weighted by atomic mass is 10.0. The van der Waals surface area contributed by atoms with Crippen LogP contribution in [0.2, 0.25) is 0 Å². The van der Waals surface area contributed by atoms with Gasteiger partial charge in [0.25, 0.3) is 12.0 Å². The van der Waals surface area contributed by atoms with Gasteiger partial charge in [-0.05, 0) is 30.4 Å². The predicted molar refractivity (Wildman–Crippen MR) is 93.5 cm³/mol. The van der Waals surface area contributed by atoms with Crippen LogP contribution in [0, 0.1) is 11.6 Å². The van der Waals surface area contributed by atoms with Crippen LogP contribution < -0.4 is 10.9 Å². The number of benzene rings is 1. The largest absolute Gasteiger partial charge is 0.293 e. The maximum atomic E-state index is 14.8. The zero-order valence-electron chi connectivity index (χ0n) is 14.7. The summed E-state index contributed by atoms with van der Waals surface area (Å²) >= 11 is 0. The number of hydrogen-bond donors (Lipinski definition) is 1. The number of carbonyl (C=O) groups is 1. The van der Waals surface area contributed by atoms with Crippen LogP contribution >= 0.6 is 0 Å². The smallest absolute Gasteiger partial charge is 0.282 e. The molecule has 1 aromatic carbocycles. The lowest BCUT2D eigenvalue weighted by molar-refractivity contribution is -0.117. The molecule has 0 saturated heterocycles. The number of carbonyl (C=O) groups excluding carboxylic acids is 1. The average Bonchev–Trinajstić information content (AvgIpc) is 3.51. The van der Waals surface area contributed by atoms with E-state index in [-0.39, 0.29) is 22.8 Å². The summed E-state index contributed by atoms with van der Waals surface area (Å²) in [6.45, 7) is -0.735. The van der Waals surface area contributed by atoms with Gasteiger partial charge in [-0.25, -0.2) is 32.2 Å². The van der Waals surface area contributed by atoms with Crippen molar-refractivity contribution < 1.29 is 22.4 Å². The molecule has 1 N–H and O–H groups in total. The van der Waals surface area contributed by atoms with Crippen molar-refractivity contribution in [1.82, 2.24) is 19.7 Å². The number of amides is 1. The highest BCUT2D eigenvalue weighted by molar-refractivity contribution is 5.89. The minimum absolute atomic E-state index is 0.0474. The Kier molecular flexibility index (Phi) is 4.73. The third kappa shape index (κ3) is 3.67. The van der Waals surface area contributed by atoms with Gasteiger partial charge < -0.3 is 0 Å². The molecule has 11 heteroatoms. The molecule has 0 radical (unpaired) electrons. The number of aromatic nitrogens is 4. The molecule has 1 aliphatic carbocycles. The summed E-state index contributed by atoms with van der Waals surface area (Å²) in [4.78, 5) is 31.8. The van der Waals surface area contributed by atoms with E-state index in [4.69, 9.17) is 0 Å². The summed E-state index contributed by atoms with van der Waals surface area (Å²) < 4.78 is 55.3. The molecular weight excluding hydrogens is 394 g/mol. The first-order valence-corrected chi connectivity index (χ1v) is 8.64. The first kappa shape index (κ1) is 19.0. The summed E-state index contributed by atoms with van der Waals surface area (Å²) in [5, 5.41) is 4.92. The second-order valence-corrected chi connectivity index (χ2v) is 6.59. The van der Waals surface area contributed by atoms with Gasteiger partial charge in [-0.15, -0.1) is 0 Å². The molecule has 0 atom stereocenters. The van der Waals surface area contributed by atoms with Gasteiger partial charge in [0.1, 0.15) is 18.1 Å². The van der Waals surface area contributed by atoms with Gasteiger partial charge >= 0.3 is 0 Å². The van der Waals surface area contributed by atoms with Crippen LogP contribution in [0.25, 0.3) is 10.8 Å². The third-order valence-corrected chi connectivity index (χ3v) is 4.51. The second-order valence-electron chi connectivity index (χ2n) is 6.59. The highest BCUT2D eigenvalue weighted by Crippen LogP contribution is 2.43. The van der Waals surface area contributed by atoms with Crippen LogP contribution in [0.1, 0.15) is 36.4 Å². The maximum absolute atomic E-state index is 14.8. The molecule has 150 valence electrons. The number of nitrogens with zero attached hydrogens (tertiary/aromatic N) is 4. The molecule has 1 aliphatic rings. The van der Waals surface area contributed by atoms with Crippen molar-refractivity contribution in [2.75, 3.05) is 5.32 Å². The van der Waals surface area contributed by atoms with Gasteiger partial charge in [0.15, 0.2) is 5.82 Å². The molecule has 1 fully saturated rings. The fraction of sp³-hybridized carbons (Fsp3) is 0.278. The predicted octanol–water partition coefficient (Wildman–Crippen LogP) is 2.92. The normalized spacial score (nSPS) is 13.8. The number of fused-ring (bicyclic) bond motifs is 1. The van der Waals surface area contributed by atoms with E-state index in [0.717, 1.165) is 25.2 Å². The summed E-state index contributed by atoms with van der Waals surface area (Å²) in [5.74, 6) is -2.72. The van der Waals surface area contributed by atoms with Crippen molar-refractivity contribution in [3.05, 3.63) is 57.8 Å². The second kappa shape index (κ2) is 7.22. The van der Waals surface area contributed by atoms with Gasteiger partial charge in [-0.1, -0.05) is 6.07 Å². The summed E-state index contributed by atoms with van der Waals surface area (Å²) in [6, 6.07) is 2.68. The minimum atomic E-state index is -3.16. The third-order valence-electron chi connectivity index (χ3n) is 4.51. The highest BCUT2D eigenvalue weighted by Gasteiger charge is 2.30. The average molecular weight is 407 g/mol. The Balaban J connectivity index is 1.72. The summed E-state index contributed by atoms with van der Waals surface area (Å²) in [6.07, 6.45) is -0.0154. The van der Waals surface area contributed by atoms with Gasteiger partial charge in [0.05, 0.1) is 23.2 Å². The molecule has 1 saturated carbocycles. The number of rotatable bonds is 5. The van der Waals surface area contributed by atoms with E-state index in [1.165, 1.54) is 12.1 Å². The Bertz CT molecular complexity index is 1160. The molecule has 0 spiro atoms. The summed E-state index contributed by atoms with van der Waals surface area (Å²) in [5.41, 5.74) is -1.52. The van der Waals surface area contributed by atoms with Crippen LogP contribution in [0.3, 0.4) is 0 Å². The number of nitrogens with one attached hydrogen (secondary N) is 1. The first-order chi connectivity index (χ1) is 13.8. The first-order valence-electron chi connectivity index (χ1n) is 8.64. The van der Waals surface area contributed by atoms with Gasteiger partial charge in [0.2, 0.25) is 11.9 Å². The van der Waals surface area contributed by atoms with E-state index >= 15 is 0 Å². The molecule has 4 rings (SSSR count). The van der Waals surface area contributed by atoms with Crippen molar-refractivity contribution in [3.63, 3.8) is 0 Å². The van der Waals surface area contributed by atoms with Gasteiger partial charge in [-0.2, -0.15) is 5.10 Å². The van der Waals surface area contributed by atoms with E-state index in [2.05, 4.69) is 20.4 Å². The van der Waals surface area contributed by atoms with E-state index in [1.54, 1.807) is 0 Å².